The molecular weight excluding hydrogens is 202 g/mol. The summed E-state index contributed by atoms with van der Waals surface area (Å²) in [6.07, 6.45) is 1.99. The summed E-state index contributed by atoms with van der Waals surface area (Å²) in [6.45, 7) is 7.12. The zero-order valence-corrected chi connectivity index (χ0v) is 9.99. The highest BCUT2D eigenvalue weighted by Crippen LogP contribution is 2.26. The molecule has 88 valence electrons. The fraction of sp³-hybridized carbons (Fsp3) is 0.385. The molecule has 1 aromatic rings. The van der Waals surface area contributed by atoms with Gasteiger partial charge in [-0.2, -0.15) is 0 Å². The maximum atomic E-state index is 9.36. The molecule has 0 heterocycles. The number of hydrogen-bond donors (Lipinski definition) is 3. The van der Waals surface area contributed by atoms with Crippen LogP contribution in [0.1, 0.15) is 26.3 Å². The molecule has 1 unspecified atom stereocenters. The van der Waals surface area contributed by atoms with Crippen molar-refractivity contribution in [3.05, 3.63) is 29.3 Å². The third-order valence-electron chi connectivity index (χ3n) is 2.59. The van der Waals surface area contributed by atoms with Crippen molar-refractivity contribution in [3.63, 3.8) is 0 Å². The van der Waals surface area contributed by atoms with Gasteiger partial charge in [0.05, 0.1) is 0 Å². The van der Waals surface area contributed by atoms with Gasteiger partial charge in [0.15, 0.2) is 11.5 Å². The lowest BCUT2D eigenvalue weighted by Gasteiger charge is -2.13. The SMILES string of the molecule is CCNC(C)/C(C)=C/c1ccc(O)c(O)c1. The van der Waals surface area contributed by atoms with Gasteiger partial charge in [-0.15, -0.1) is 0 Å². The second-order valence-electron chi connectivity index (χ2n) is 3.92. The molecule has 1 aromatic carbocycles. The molecule has 0 radical (unpaired) electrons. The molecule has 0 bridgehead atoms. The first-order valence-electron chi connectivity index (χ1n) is 5.48. The van der Waals surface area contributed by atoms with E-state index in [-0.39, 0.29) is 11.5 Å². The molecule has 3 heteroatoms. The molecule has 0 aliphatic carbocycles. The van der Waals surface area contributed by atoms with E-state index in [4.69, 9.17) is 0 Å². The third-order valence-corrected chi connectivity index (χ3v) is 2.59. The number of hydrogen-bond acceptors (Lipinski definition) is 3. The zero-order valence-electron chi connectivity index (χ0n) is 9.99. The van der Waals surface area contributed by atoms with E-state index in [9.17, 15) is 10.2 Å². The van der Waals surface area contributed by atoms with Crippen LogP contribution in [0, 0.1) is 0 Å². The van der Waals surface area contributed by atoms with Crippen LogP contribution in [-0.4, -0.2) is 22.8 Å². The minimum Gasteiger partial charge on any atom is -0.504 e. The quantitative estimate of drug-likeness (QED) is 0.685. The van der Waals surface area contributed by atoms with Crippen LogP contribution in [0.2, 0.25) is 0 Å². The lowest BCUT2D eigenvalue weighted by molar-refractivity contribution is 0.403. The first-order valence-corrected chi connectivity index (χ1v) is 5.48. The van der Waals surface area contributed by atoms with Crippen molar-refractivity contribution in [1.29, 1.82) is 0 Å². The van der Waals surface area contributed by atoms with Gasteiger partial charge >= 0.3 is 0 Å². The van der Waals surface area contributed by atoms with Gasteiger partial charge in [-0.25, -0.2) is 0 Å². The van der Waals surface area contributed by atoms with Crippen LogP contribution < -0.4 is 5.32 Å². The molecule has 0 aromatic heterocycles. The van der Waals surface area contributed by atoms with E-state index in [1.807, 2.05) is 13.0 Å². The molecule has 0 fully saturated rings. The molecule has 0 saturated carbocycles. The number of phenols is 2. The van der Waals surface area contributed by atoms with E-state index < -0.39 is 0 Å². The van der Waals surface area contributed by atoms with E-state index in [1.54, 1.807) is 12.1 Å². The summed E-state index contributed by atoms with van der Waals surface area (Å²) in [6, 6.07) is 5.13. The zero-order chi connectivity index (χ0) is 12.1. The van der Waals surface area contributed by atoms with Gasteiger partial charge in [-0.1, -0.05) is 24.6 Å². The van der Waals surface area contributed by atoms with Gasteiger partial charge < -0.3 is 15.5 Å². The summed E-state index contributed by atoms with van der Waals surface area (Å²) < 4.78 is 0. The Kier molecular flexibility index (Phi) is 4.38. The van der Waals surface area contributed by atoms with Gasteiger partial charge in [0.25, 0.3) is 0 Å². The van der Waals surface area contributed by atoms with E-state index in [1.165, 1.54) is 11.6 Å². The monoisotopic (exact) mass is 221 g/mol. The summed E-state index contributed by atoms with van der Waals surface area (Å²) in [5.74, 6) is -0.174. The Balaban J connectivity index is 2.85. The number of rotatable bonds is 4. The standard InChI is InChI=1S/C13H19NO2/c1-4-14-10(3)9(2)7-11-5-6-12(15)13(16)8-11/h5-8,10,14-16H,4H2,1-3H3/b9-7+. The minimum absolute atomic E-state index is 0.0855. The molecule has 0 aliphatic heterocycles. The van der Waals surface area contributed by atoms with Crippen LogP contribution in [-0.2, 0) is 0 Å². The number of aromatic hydroxyl groups is 2. The Morgan fingerprint density at radius 3 is 2.62 bits per heavy atom. The van der Waals surface area contributed by atoms with Crippen LogP contribution in [0.3, 0.4) is 0 Å². The summed E-state index contributed by atoms with van der Waals surface area (Å²) in [4.78, 5) is 0. The van der Waals surface area contributed by atoms with Gasteiger partial charge in [0.2, 0.25) is 0 Å². The molecule has 0 saturated heterocycles. The highest BCUT2D eigenvalue weighted by atomic mass is 16.3. The Bertz CT molecular complexity index is 386. The minimum atomic E-state index is -0.0884. The lowest BCUT2D eigenvalue weighted by Crippen LogP contribution is -2.26. The molecule has 0 amide bonds. The smallest absolute Gasteiger partial charge is 0.157 e. The van der Waals surface area contributed by atoms with Crippen LogP contribution in [0.15, 0.2) is 23.8 Å². The first kappa shape index (κ1) is 12.6. The molecule has 1 rings (SSSR count). The molecule has 3 nitrogen and oxygen atoms in total. The van der Waals surface area contributed by atoms with Gasteiger partial charge in [-0.3, -0.25) is 0 Å². The van der Waals surface area contributed by atoms with Crippen LogP contribution in [0.5, 0.6) is 11.5 Å². The Morgan fingerprint density at radius 1 is 1.38 bits per heavy atom. The molecule has 16 heavy (non-hydrogen) atoms. The summed E-state index contributed by atoms with van der Waals surface area (Å²) in [5, 5.41) is 21.9. The number of phenolic OH excluding ortho intramolecular Hbond substituents is 2. The maximum absolute atomic E-state index is 9.36. The van der Waals surface area contributed by atoms with Crippen molar-refractivity contribution < 1.29 is 10.2 Å². The largest absolute Gasteiger partial charge is 0.504 e. The fourth-order valence-electron chi connectivity index (χ4n) is 1.49. The van der Waals surface area contributed by atoms with Crippen LogP contribution in [0.25, 0.3) is 6.08 Å². The average molecular weight is 221 g/mol. The topological polar surface area (TPSA) is 52.5 Å². The van der Waals surface area contributed by atoms with Gasteiger partial charge in [0, 0.05) is 6.04 Å². The molecule has 0 aliphatic rings. The summed E-state index contributed by atoms with van der Waals surface area (Å²) in [7, 11) is 0. The predicted molar refractivity (Wildman–Crippen MR) is 66.6 cm³/mol. The van der Waals surface area contributed by atoms with E-state index in [2.05, 4.69) is 19.2 Å². The molecule has 3 N–H and O–H groups in total. The van der Waals surface area contributed by atoms with Crippen LogP contribution in [0.4, 0.5) is 0 Å². The number of nitrogens with one attached hydrogen (secondary N) is 1. The van der Waals surface area contributed by atoms with E-state index >= 15 is 0 Å². The molecular formula is C13H19NO2. The van der Waals surface area contributed by atoms with Gasteiger partial charge in [0.1, 0.15) is 0 Å². The normalized spacial score (nSPS) is 13.8. The van der Waals surface area contributed by atoms with Crippen molar-refractivity contribution in [2.75, 3.05) is 6.54 Å². The Labute approximate surface area is 96.4 Å². The molecule has 1 atom stereocenters. The second-order valence-corrected chi connectivity index (χ2v) is 3.92. The summed E-state index contributed by atoms with van der Waals surface area (Å²) in [5.41, 5.74) is 2.07. The molecule has 0 spiro atoms. The van der Waals surface area contributed by atoms with E-state index in [0.29, 0.717) is 6.04 Å². The highest BCUT2D eigenvalue weighted by molar-refractivity contribution is 5.57. The second kappa shape index (κ2) is 5.56. The average Bonchev–Trinajstić information content (AvgIpc) is 2.24. The van der Waals surface area contributed by atoms with Crippen molar-refractivity contribution in [3.8, 4) is 11.5 Å². The van der Waals surface area contributed by atoms with Crippen LogP contribution >= 0.6 is 0 Å². The van der Waals surface area contributed by atoms with Crippen molar-refractivity contribution in [1.82, 2.24) is 5.32 Å². The predicted octanol–water partition coefficient (Wildman–Crippen LogP) is 2.50. The van der Waals surface area contributed by atoms with Crippen molar-refractivity contribution >= 4 is 6.08 Å². The lowest BCUT2D eigenvalue weighted by atomic mass is 10.1. The number of benzene rings is 1. The first-order chi connectivity index (χ1) is 7.54. The fourth-order valence-corrected chi connectivity index (χ4v) is 1.49. The third kappa shape index (κ3) is 3.28. The van der Waals surface area contributed by atoms with E-state index in [0.717, 1.165) is 12.1 Å². The summed E-state index contributed by atoms with van der Waals surface area (Å²) >= 11 is 0. The Hall–Kier alpha value is -1.48. The number of likely N-dealkylation sites (N-methyl/N-ethyl adjacent to an activating group) is 1. The highest BCUT2D eigenvalue weighted by Gasteiger charge is 2.03. The van der Waals surface area contributed by atoms with Crippen molar-refractivity contribution in [2.45, 2.75) is 26.8 Å². The van der Waals surface area contributed by atoms with Crippen molar-refractivity contribution in [2.24, 2.45) is 0 Å². The Morgan fingerprint density at radius 2 is 2.06 bits per heavy atom. The maximum Gasteiger partial charge on any atom is 0.157 e. The van der Waals surface area contributed by atoms with Gasteiger partial charge in [-0.05, 0) is 38.1 Å².